The topological polar surface area (TPSA) is 83.0 Å². The third-order valence-electron chi connectivity index (χ3n) is 8.99. The zero-order chi connectivity index (χ0) is 30.6. The third-order valence-corrected chi connectivity index (χ3v) is 10.0. The Morgan fingerprint density at radius 2 is 1.77 bits per heavy atom. The number of rotatable bonds is 8. The monoisotopic (exact) mass is 605 g/mol. The maximum absolute atomic E-state index is 14.2. The second-order valence-electron chi connectivity index (χ2n) is 13.8. The molecule has 0 bridgehead atoms. The van der Waals surface area contributed by atoms with E-state index in [1.807, 2.05) is 43.9 Å². The van der Waals surface area contributed by atoms with Crippen LogP contribution in [0.3, 0.4) is 0 Å². The number of pyridine rings is 1. The summed E-state index contributed by atoms with van der Waals surface area (Å²) in [5, 5.41) is 10.2. The highest BCUT2D eigenvalue weighted by Crippen LogP contribution is 2.39. The Morgan fingerprint density at radius 3 is 2.42 bits per heavy atom. The number of hydrogen-bond acceptors (Lipinski definition) is 6. The fourth-order valence-corrected chi connectivity index (χ4v) is 7.44. The van der Waals surface area contributed by atoms with Crippen LogP contribution in [-0.4, -0.2) is 52.1 Å². The van der Waals surface area contributed by atoms with Crippen molar-refractivity contribution in [2.24, 2.45) is 17.3 Å². The summed E-state index contributed by atoms with van der Waals surface area (Å²) < 4.78 is 6.37. The van der Waals surface area contributed by atoms with E-state index in [1.54, 1.807) is 0 Å². The van der Waals surface area contributed by atoms with Gasteiger partial charge in [-0.05, 0) is 116 Å². The van der Waals surface area contributed by atoms with E-state index in [9.17, 15) is 14.7 Å². The van der Waals surface area contributed by atoms with Crippen molar-refractivity contribution >= 4 is 28.9 Å². The maximum atomic E-state index is 14.2. The number of carboxylic acid groups (broad SMARTS) is 1. The van der Waals surface area contributed by atoms with Gasteiger partial charge in [-0.1, -0.05) is 24.8 Å². The number of hydrogen-bond donors (Lipinski definition) is 1. The van der Waals surface area contributed by atoms with Crippen LogP contribution in [0.25, 0.3) is 0 Å². The predicted molar refractivity (Wildman–Crippen MR) is 172 cm³/mol. The van der Waals surface area contributed by atoms with Crippen LogP contribution in [0.1, 0.15) is 112 Å². The van der Waals surface area contributed by atoms with Crippen molar-refractivity contribution in [3.8, 4) is 17.7 Å². The van der Waals surface area contributed by atoms with E-state index in [1.165, 1.54) is 24.2 Å². The van der Waals surface area contributed by atoms with Crippen LogP contribution in [-0.2, 0) is 11.3 Å². The molecule has 0 unspecified atom stereocenters. The van der Waals surface area contributed by atoms with Crippen molar-refractivity contribution in [2.75, 3.05) is 18.0 Å². The van der Waals surface area contributed by atoms with Gasteiger partial charge in [0.05, 0.1) is 16.3 Å². The fourth-order valence-electron chi connectivity index (χ4n) is 6.60. The van der Waals surface area contributed by atoms with Crippen molar-refractivity contribution in [3.63, 3.8) is 0 Å². The lowest BCUT2D eigenvalue weighted by Crippen LogP contribution is -2.47. The molecule has 0 atom stereocenters. The molecule has 2 aliphatic carbocycles. The lowest BCUT2D eigenvalue weighted by Gasteiger charge is -2.39. The normalized spacial score (nSPS) is 24.7. The Kier molecular flexibility index (Phi) is 10.1. The minimum absolute atomic E-state index is 0.0212. The minimum atomic E-state index is -1.00. The van der Waals surface area contributed by atoms with Gasteiger partial charge in [0, 0.05) is 30.0 Å². The molecule has 2 aromatic heterocycles. The lowest BCUT2D eigenvalue weighted by molar-refractivity contribution is -0.124. The molecule has 43 heavy (non-hydrogen) atoms. The van der Waals surface area contributed by atoms with Gasteiger partial charge >= 0.3 is 5.97 Å². The van der Waals surface area contributed by atoms with Crippen LogP contribution in [0.5, 0.6) is 5.88 Å². The first-order valence-electron chi connectivity index (χ1n) is 16.1. The molecule has 232 valence electrons. The fraction of sp³-hybridized carbons (Fsp3) is 0.629. The molecule has 3 fully saturated rings. The molecule has 2 aromatic rings. The van der Waals surface area contributed by atoms with Crippen molar-refractivity contribution in [1.82, 2.24) is 9.88 Å². The zero-order valence-corrected chi connectivity index (χ0v) is 27.0. The number of aromatic nitrogens is 1. The number of anilines is 1. The molecule has 8 heteroatoms. The summed E-state index contributed by atoms with van der Waals surface area (Å²) in [5.41, 5.74) is 1.35. The molecule has 0 aromatic carbocycles. The number of likely N-dealkylation sites (tertiary alicyclic amines) is 1. The second-order valence-corrected chi connectivity index (χ2v) is 14.8. The van der Waals surface area contributed by atoms with E-state index in [-0.39, 0.29) is 34.3 Å². The molecule has 5 rings (SSSR count). The molecule has 1 amide bonds. The molecule has 0 spiro atoms. The number of carbonyl (C=O) groups is 2. The van der Waals surface area contributed by atoms with E-state index >= 15 is 0 Å². The molecule has 3 aliphatic rings. The number of aromatic carboxylic acids is 1. The van der Waals surface area contributed by atoms with Crippen LogP contribution >= 0.6 is 11.3 Å². The first kappa shape index (κ1) is 31.5. The maximum Gasteiger partial charge on any atom is 0.348 e. The van der Waals surface area contributed by atoms with Crippen molar-refractivity contribution in [2.45, 2.75) is 111 Å². The number of nitrogens with zero attached hydrogens (tertiary/aromatic N) is 3. The van der Waals surface area contributed by atoms with E-state index in [0.717, 1.165) is 76.7 Å². The molecule has 3 heterocycles. The van der Waals surface area contributed by atoms with Gasteiger partial charge in [-0.25, -0.2) is 9.78 Å². The molecule has 1 saturated heterocycles. The number of carbonyl (C=O) groups excluding carboxylic acids is 1. The molecular weight excluding hydrogens is 558 g/mol. The Morgan fingerprint density at radius 1 is 1.07 bits per heavy atom. The Balaban J connectivity index is 1.33. The molecule has 7 nitrogen and oxygen atoms in total. The SMILES string of the molecule is CC(C)(C)C#Cc1cc(N(C(=O)[C@H]2CC[C@H](C)CC2)[C@H]2CC[C@H](Oc3cccc(CN4CCCC4)n3)CC2)c(C(=O)O)s1. The average molecular weight is 606 g/mol. The smallest absolute Gasteiger partial charge is 0.348 e. The Hall–Kier alpha value is -2.89. The largest absolute Gasteiger partial charge is 0.477 e. The average Bonchev–Trinajstić information content (AvgIpc) is 3.64. The van der Waals surface area contributed by atoms with Crippen molar-refractivity contribution in [3.05, 3.63) is 39.7 Å². The number of ether oxygens (including phenoxy) is 1. The molecule has 1 N–H and O–H groups in total. The minimum Gasteiger partial charge on any atom is -0.477 e. The zero-order valence-electron chi connectivity index (χ0n) is 26.2. The summed E-state index contributed by atoms with van der Waals surface area (Å²) >= 11 is 1.18. The molecule has 0 radical (unpaired) electrons. The summed E-state index contributed by atoms with van der Waals surface area (Å²) in [4.78, 5) is 36.6. The number of thiophene rings is 1. The van der Waals surface area contributed by atoms with Gasteiger partial charge in [-0.3, -0.25) is 9.69 Å². The standard InChI is InChI=1S/C35H47N3O4S/c1-24-10-12-25(13-11-24)33(39)38(30-22-29(18-19-35(2,3)4)43-32(30)34(40)41)27-14-16-28(17-15-27)42-31-9-7-8-26(36-31)23-37-20-5-6-21-37/h7-9,22,24-25,27-28H,5-6,10-17,20-21,23H2,1-4H3,(H,40,41)/t24-,25-,27-,28-. The second kappa shape index (κ2) is 13.8. The highest BCUT2D eigenvalue weighted by Gasteiger charge is 2.38. The first-order valence-corrected chi connectivity index (χ1v) is 17.0. The molecule has 2 saturated carbocycles. The summed E-state index contributed by atoms with van der Waals surface area (Å²) in [6.45, 7) is 11.5. The number of carboxylic acids is 1. The van der Waals surface area contributed by atoms with E-state index in [4.69, 9.17) is 9.72 Å². The van der Waals surface area contributed by atoms with Gasteiger partial charge in [0.25, 0.3) is 0 Å². The molecular formula is C35H47N3O4S. The number of amides is 1. The van der Waals surface area contributed by atoms with Crippen LogP contribution in [0.4, 0.5) is 5.69 Å². The van der Waals surface area contributed by atoms with Crippen LogP contribution in [0.15, 0.2) is 24.3 Å². The summed E-state index contributed by atoms with van der Waals surface area (Å²) in [5.74, 6) is 6.70. The summed E-state index contributed by atoms with van der Waals surface area (Å²) in [6.07, 6.45) is 9.40. The summed E-state index contributed by atoms with van der Waals surface area (Å²) in [6, 6.07) is 7.80. The molecule has 1 aliphatic heterocycles. The Labute approximate surface area is 261 Å². The van der Waals surface area contributed by atoms with Crippen LogP contribution < -0.4 is 9.64 Å². The van der Waals surface area contributed by atoms with E-state index in [0.29, 0.717) is 22.4 Å². The van der Waals surface area contributed by atoms with Crippen molar-refractivity contribution < 1.29 is 19.4 Å². The quantitative estimate of drug-likeness (QED) is 0.316. The van der Waals surface area contributed by atoms with E-state index in [2.05, 4.69) is 29.7 Å². The Bertz CT molecular complexity index is 1330. The third kappa shape index (κ3) is 8.39. The van der Waals surface area contributed by atoms with Gasteiger partial charge in [0.1, 0.15) is 11.0 Å². The van der Waals surface area contributed by atoms with Gasteiger partial charge in [-0.2, -0.15) is 0 Å². The highest BCUT2D eigenvalue weighted by molar-refractivity contribution is 7.15. The van der Waals surface area contributed by atoms with Crippen LogP contribution in [0.2, 0.25) is 0 Å². The van der Waals surface area contributed by atoms with Gasteiger partial charge in [0.2, 0.25) is 11.8 Å². The van der Waals surface area contributed by atoms with Gasteiger partial charge in [-0.15, -0.1) is 11.3 Å². The first-order chi connectivity index (χ1) is 20.6. The van der Waals surface area contributed by atoms with Gasteiger partial charge < -0.3 is 14.7 Å². The predicted octanol–water partition coefficient (Wildman–Crippen LogP) is 7.38. The lowest BCUT2D eigenvalue weighted by atomic mass is 9.81. The highest BCUT2D eigenvalue weighted by atomic mass is 32.1. The van der Waals surface area contributed by atoms with E-state index < -0.39 is 5.97 Å². The summed E-state index contributed by atoms with van der Waals surface area (Å²) in [7, 11) is 0. The van der Waals surface area contributed by atoms with Gasteiger partial charge in [0.15, 0.2) is 0 Å². The van der Waals surface area contributed by atoms with Crippen molar-refractivity contribution in [1.29, 1.82) is 0 Å². The van der Waals surface area contributed by atoms with Crippen LogP contribution in [0, 0.1) is 29.1 Å².